The van der Waals surface area contributed by atoms with E-state index in [1.54, 1.807) is 11.1 Å². The zero-order chi connectivity index (χ0) is 19.1. The third kappa shape index (κ3) is 3.20. The fraction of sp³-hybridized carbons (Fsp3) is 0.692. The highest BCUT2D eigenvalue weighted by molar-refractivity contribution is 5.38. The number of unbranched alkanes of at least 4 members (excludes halogenated alkanes) is 2. The predicted octanol–water partition coefficient (Wildman–Crippen LogP) is 6.72. The minimum absolute atomic E-state index is 0.103. The van der Waals surface area contributed by atoms with Crippen molar-refractivity contribution in [3.05, 3.63) is 47.0 Å². The number of aryl methyl sites for hydroxylation is 2. The molecule has 0 spiro atoms. The van der Waals surface area contributed by atoms with Gasteiger partial charge in [-0.3, -0.25) is 0 Å². The van der Waals surface area contributed by atoms with Gasteiger partial charge in [0, 0.05) is 0 Å². The first kappa shape index (κ1) is 19.2. The molecule has 0 aliphatic heterocycles. The second-order valence-electron chi connectivity index (χ2n) is 9.96. The molecule has 2 fully saturated rings. The molecule has 0 saturated heterocycles. The van der Waals surface area contributed by atoms with Gasteiger partial charge < -0.3 is 5.11 Å². The second-order valence-corrected chi connectivity index (χ2v) is 9.96. The third-order valence-corrected chi connectivity index (χ3v) is 8.55. The van der Waals surface area contributed by atoms with Crippen molar-refractivity contribution >= 4 is 0 Å². The van der Waals surface area contributed by atoms with E-state index in [2.05, 4.69) is 51.1 Å². The molecule has 148 valence electrons. The largest absolute Gasteiger partial charge is 0.389 e. The van der Waals surface area contributed by atoms with Gasteiger partial charge in [-0.15, -0.1) is 0 Å². The topological polar surface area (TPSA) is 20.2 Å². The number of rotatable bonds is 5. The summed E-state index contributed by atoms with van der Waals surface area (Å²) < 4.78 is 0. The maximum Gasteiger partial charge on any atom is 0.0738 e. The summed E-state index contributed by atoms with van der Waals surface area (Å²) in [6.45, 7) is 6.88. The van der Waals surface area contributed by atoms with Crippen LogP contribution in [0.4, 0.5) is 0 Å². The molecule has 1 heteroatoms. The minimum Gasteiger partial charge on any atom is -0.389 e. The summed E-state index contributed by atoms with van der Waals surface area (Å²) in [6.07, 6.45) is 16.3. The van der Waals surface area contributed by atoms with Crippen LogP contribution in [0.25, 0.3) is 0 Å². The highest BCUT2D eigenvalue weighted by atomic mass is 16.3. The SMILES string of the molecule is CCCC/C=C\C[C@]1(O)CC[C@H]2[C@@H]3CCc4cc(C)ccc4[C@H]3CC[C@@]21C. The van der Waals surface area contributed by atoms with Crippen molar-refractivity contribution in [3.63, 3.8) is 0 Å². The second kappa shape index (κ2) is 7.39. The lowest BCUT2D eigenvalue weighted by atomic mass is 9.53. The molecule has 3 aliphatic carbocycles. The van der Waals surface area contributed by atoms with Crippen LogP contribution < -0.4 is 0 Å². The van der Waals surface area contributed by atoms with E-state index in [-0.39, 0.29) is 5.41 Å². The molecule has 0 amide bonds. The van der Waals surface area contributed by atoms with E-state index in [1.165, 1.54) is 50.5 Å². The van der Waals surface area contributed by atoms with Gasteiger partial charge in [-0.05, 0) is 92.6 Å². The Labute approximate surface area is 166 Å². The van der Waals surface area contributed by atoms with E-state index in [9.17, 15) is 5.11 Å². The van der Waals surface area contributed by atoms with Crippen LogP contribution >= 0.6 is 0 Å². The number of fused-ring (bicyclic) bond motifs is 5. The molecule has 5 atom stereocenters. The smallest absolute Gasteiger partial charge is 0.0738 e. The zero-order valence-electron chi connectivity index (χ0n) is 17.6. The first-order valence-electron chi connectivity index (χ1n) is 11.5. The molecule has 27 heavy (non-hydrogen) atoms. The van der Waals surface area contributed by atoms with Crippen molar-refractivity contribution in [1.29, 1.82) is 0 Å². The van der Waals surface area contributed by atoms with Gasteiger partial charge in [-0.1, -0.05) is 62.6 Å². The molecular weight excluding hydrogens is 328 g/mol. The lowest BCUT2D eigenvalue weighted by molar-refractivity contribution is -0.100. The van der Waals surface area contributed by atoms with E-state index in [0.29, 0.717) is 5.92 Å². The summed E-state index contributed by atoms with van der Waals surface area (Å²) in [5.41, 5.74) is 4.25. The molecule has 0 aromatic heterocycles. The molecule has 0 bridgehead atoms. The number of benzene rings is 1. The fourth-order valence-electron chi connectivity index (χ4n) is 6.87. The summed E-state index contributed by atoms with van der Waals surface area (Å²) in [6, 6.07) is 7.15. The van der Waals surface area contributed by atoms with E-state index in [1.807, 2.05) is 0 Å². The van der Waals surface area contributed by atoms with Crippen LogP contribution in [0.3, 0.4) is 0 Å². The average molecular weight is 367 g/mol. The fourth-order valence-corrected chi connectivity index (χ4v) is 6.87. The average Bonchev–Trinajstić information content (AvgIpc) is 2.92. The number of hydrogen-bond acceptors (Lipinski definition) is 1. The molecule has 0 unspecified atom stereocenters. The maximum atomic E-state index is 11.7. The summed E-state index contributed by atoms with van der Waals surface area (Å²) in [5, 5.41) is 11.7. The summed E-state index contributed by atoms with van der Waals surface area (Å²) >= 11 is 0. The van der Waals surface area contributed by atoms with E-state index >= 15 is 0 Å². The lowest BCUT2D eigenvalue weighted by Crippen LogP contribution is -2.50. The van der Waals surface area contributed by atoms with Crippen molar-refractivity contribution in [3.8, 4) is 0 Å². The van der Waals surface area contributed by atoms with Gasteiger partial charge in [0.15, 0.2) is 0 Å². The van der Waals surface area contributed by atoms with Crippen molar-refractivity contribution in [2.45, 2.75) is 96.5 Å². The van der Waals surface area contributed by atoms with Crippen LogP contribution in [0.1, 0.15) is 94.2 Å². The van der Waals surface area contributed by atoms with Crippen LogP contribution in [-0.2, 0) is 6.42 Å². The van der Waals surface area contributed by atoms with Crippen molar-refractivity contribution in [1.82, 2.24) is 0 Å². The third-order valence-electron chi connectivity index (χ3n) is 8.55. The molecule has 1 N–H and O–H groups in total. The van der Waals surface area contributed by atoms with E-state index in [0.717, 1.165) is 31.1 Å². The normalized spacial score (nSPS) is 37.9. The van der Waals surface area contributed by atoms with Gasteiger partial charge in [0.05, 0.1) is 5.60 Å². The first-order valence-corrected chi connectivity index (χ1v) is 11.5. The van der Waals surface area contributed by atoms with Gasteiger partial charge in [-0.2, -0.15) is 0 Å². The molecule has 2 saturated carbocycles. The Balaban J connectivity index is 1.53. The summed E-state index contributed by atoms with van der Waals surface area (Å²) in [4.78, 5) is 0. The van der Waals surface area contributed by atoms with Gasteiger partial charge >= 0.3 is 0 Å². The quantitative estimate of drug-likeness (QED) is 0.453. The van der Waals surface area contributed by atoms with Crippen LogP contribution in [0, 0.1) is 24.2 Å². The molecule has 4 rings (SSSR count). The Morgan fingerprint density at radius 2 is 2.00 bits per heavy atom. The maximum absolute atomic E-state index is 11.7. The standard InChI is InChI=1S/C26H38O/c1-4-5-6-7-8-15-26(27)17-14-24-23-12-10-20-18-19(2)9-11-21(20)22(23)13-16-25(24,26)3/h7-9,11,18,22-24,27H,4-6,10,12-17H2,1-3H3/b8-7-/t22-,23-,24+,25+,26+/m1/s1. The highest BCUT2D eigenvalue weighted by Gasteiger charge is 2.60. The minimum atomic E-state index is -0.487. The van der Waals surface area contributed by atoms with Crippen molar-refractivity contribution in [2.75, 3.05) is 0 Å². The Morgan fingerprint density at radius 3 is 2.81 bits per heavy atom. The first-order chi connectivity index (χ1) is 13.0. The Bertz CT molecular complexity index is 704. The molecule has 1 nitrogen and oxygen atoms in total. The molecule has 1 aromatic rings. The monoisotopic (exact) mass is 366 g/mol. The highest BCUT2D eigenvalue weighted by Crippen LogP contribution is 2.65. The van der Waals surface area contributed by atoms with Crippen molar-refractivity contribution < 1.29 is 5.11 Å². The Morgan fingerprint density at radius 1 is 1.15 bits per heavy atom. The molecule has 3 aliphatic rings. The van der Waals surface area contributed by atoms with Gasteiger partial charge in [0.2, 0.25) is 0 Å². The Hall–Kier alpha value is -1.08. The number of aliphatic hydroxyl groups is 1. The Kier molecular flexibility index (Phi) is 5.27. The van der Waals surface area contributed by atoms with E-state index < -0.39 is 5.60 Å². The van der Waals surface area contributed by atoms with Crippen LogP contribution in [0.15, 0.2) is 30.4 Å². The van der Waals surface area contributed by atoms with Crippen LogP contribution in [0.2, 0.25) is 0 Å². The predicted molar refractivity (Wildman–Crippen MR) is 114 cm³/mol. The van der Waals surface area contributed by atoms with Gasteiger partial charge in [-0.25, -0.2) is 0 Å². The van der Waals surface area contributed by atoms with Gasteiger partial charge in [0.1, 0.15) is 0 Å². The van der Waals surface area contributed by atoms with Gasteiger partial charge in [0.25, 0.3) is 0 Å². The zero-order valence-corrected chi connectivity index (χ0v) is 17.6. The molecule has 0 radical (unpaired) electrons. The molecular formula is C26H38O. The van der Waals surface area contributed by atoms with E-state index in [4.69, 9.17) is 0 Å². The lowest BCUT2D eigenvalue weighted by Gasteiger charge is -2.53. The number of hydrogen-bond donors (Lipinski definition) is 1. The number of allylic oxidation sites excluding steroid dienone is 1. The summed E-state index contributed by atoms with van der Waals surface area (Å²) in [7, 11) is 0. The van der Waals surface area contributed by atoms with Crippen molar-refractivity contribution in [2.24, 2.45) is 17.3 Å². The molecule has 1 aromatic carbocycles. The summed E-state index contributed by atoms with van der Waals surface area (Å²) in [5.74, 6) is 2.20. The van der Waals surface area contributed by atoms with Crippen LogP contribution in [-0.4, -0.2) is 10.7 Å². The van der Waals surface area contributed by atoms with Crippen LogP contribution in [0.5, 0.6) is 0 Å². The molecule has 0 heterocycles.